The summed E-state index contributed by atoms with van der Waals surface area (Å²) in [7, 11) is 0. The average molecular weight is 294 g/mol. The highest BCUT2D eigenvalue weighted by Crippen LogP contribution is 2.34. The van der Waals surface area contributed by atoms with Gasteiger partial charge in [0, 0.05) is 17.1 Å². The fraction of sp³-hybridized carbons (Fsp3) is 0.750. The predicted octanol–water partition coefficient (Wildman–Crippen LogP) is 4.10. The van der Waals surface area contributed by atoms with Crippen LogP contribution in [0.3, 0.4) is 0 Å². The molecule has 1 aromatic heterocycles. The van der Waals surface area contributed by atoms with Crippen LogP contribution in [0, 0.1) is 0 Å². The average Bonchev–Trinajstić information content (AvgIpc) is 2.74. The van der Waals surface area contributed by atoms with E-state index in [-0.39, 0.29) is 5.54 Å². The molecule has 0 amide bonds. The SMILES string of the molecule is ClCC1(Nc2ncnc3c2CCCCC3)CCCCC1. The summed E-state index contributed by atoms with van der Waals surface area (Å²) < 4.78 is 0. The van der Waals surface area contributed by atoms with Crippen LogP contribution in [0.15, 0.2) is 6.33 Å². The molecule has 3 rings (SSSR count). The minimum Gasteiger partial charge on any atom is -0.363 e. The Morgan fingerprint density at radius 3 is 2.55 bits per heavy atom. The van der Waals surface area contributed by atoms with Crippen molar-refractivity contribution in [3.63, 3.8) is 0 Å². The van der Waals surface area contributed by atoms with E-state index in [2.05, 4.69) is 15.3 Å². The van der Waals surface area contributed by atoms with Crippen LogP contribution in [-0.2, 0) is 12.8 Å². The van der Waals surface area contributed by atoms with Crippen molar-refractivity contribution in [2.75, 3.05) is 11.2 Å². The molecule has 0 aliphatic heterocycles. The van der Waals surface area contributed by atoms with E-state index >= 15 is 0 Å². The molecule has 1 saturated carbocycles. The first-order valence-electron chi connectivity index (χ1n) is 8.00. The van der Waals surface area contributed by atoms with Crippen LogP contribution in [0.25, 0.3) is 0 Å². The molecule has 0 saturated heterocycles. The van der Waals surface area contributed by atoms with Gasteiger partial charge in [-0.1, -0.05) is 25.7 Å². The van der Waals surface area contributed by atoms with Crippen LogP contribution < -0.4 is 5.32 Å². The smallest absolute Gasteiger partial charge is 0.133 e. The van der Waals surface area contributed by atoms with Crippen molar-refractivity contribution in [3.05, 3.63) is 17.6 Å². The van der Waals surface area contributed by atoms with E-state index < -0.39 is 0 Å². The van der Waals surface area contributed by atoms with Gasteiger partial charge in [-0.05, 0) is 38.5 Å². The van der Waals surface area contributed by atoms with Crippen molar-refractivity contribution in [1.82, 2.24) is 9.97 Å². The first kappa shape index (κ1) is 14.1. The Morgan fingerprint density at radius 1 is 1.00 bits per heavy atom. The monoisotopic (exact) mass is 293 g/mol. The zero-order chi connectivity index (χ0) is 13.8. The molecule has 3 nitrogen and oxygen atoms in total. The molecule has 4 heteroatoms. The molecule has 0 bridgehead atoms. The summed E-state index contributed by atoms with van der Waals surface area (Å²) in [6.45, 7) is 0. The molecular formula is C16H24ClN3. The second kappa shape index (κ2) is 6.30. The summed E-state index contributed by atoms with van der Waals surface area (Å²) in [4.78, 5) is 9.04. The molecule has 20 heavy (non-hydrogen) atoms. The van der Waals surface area contributed by atoms with E-state index in [1.807, 2.05) is 0 Å². The minimum absolute atomic E-state index is 0.0498. The summed E-state index contributed by atoms with van der Waals surface area (Å²) in [6, 6.07) is 0. The van der Waals surface area contributed by atoms with Gasteiger partial charge in [0.2, 0.25) is 0 Å². The quantitative estimate of drug-likeness (QED) is 0.673. The van der Waals surface area contributed by atoms with Gasteiger partial charge in [0.15, 0.2) is 0 Å². The van der Waals surface area contributed by atoms with Crippen LogP contribution in [0.4, 0.5) is 5.82 Å². The van der Waals surface area contributed by atoms with Crippen LogP contribution in [0.1, 0.15) is 62.6 Å². The Kier molecular flexibility index (Phi) is 4.45. The molecule has 1 fully saturated rings. The second-order valence-electron chi connectivity index (χ2n) is 6.31. The van der Waals surface area contributed by atoms with Crippen molar-refractivity contribution in [2.45, 2.75) is 69.7 Å². The zero-order valence-corrected chi connectivity index (χ0v) is 12.9. The van der Waals surface area contributed by atoms with E-state index in [9.17, 15) is 0 Å². The number of alkyl halides is 1. The zero-order valence-electron chi connectivity index (χ0n) is 12.1. The lowest BCUT2D eigenvalue weighted by atomic mass is 9.83. The number of fused-ring (bicyclic) bond motifs is 1. The molecule has 2 aliphatic rings. The first-order chi connectivity index (χ1) is 9.83. The molecule has 0 unspecified atom stereocenters. The largest absolute Gasteiger partial charge is 0.363 e. The first-order valence-corrected chi connectivity index (χ1v) is 8.53. The number of nitrogens with one attached hydrogen (secondary N) is 1. The fourth-order valence-electron chi connectivity index (χ4n) is 3.58. The molecule has 0 spiro atoms. The highest BCUT2D eigenvalue weighted by molar-refractivity contribution is 6.18. The van der Waals surface area contributed by atoms with Crippen LogP contribution in [0.2, 0.25) is 0 Å². The number of hydrogen-bond donors (Lipinski definition) is 1. The Bertz CT molecular complexity index is 455. The number of hydrogen-bond acceptors (Lipinski definition) is 3. The maximum Gasteiger partial charge on any atom is 0.133 e. The van der Waals surface area contributed by atoms with Crippen LogP contribution >= 0.6 is 11.6 Å². The normalized spacial score (nSPS) is 21.9. The lowest BCUT2D eigenvalue weighted by Crippen LogP contribution is -2.42. The summed E-state index contributed by atoms with van der Waals surface area (Å²) >= 11 is 6.30. The molecule has 0 aromatic carbocycles. The van der Waals surface area contributed by atoms with Gasteiger partial charge >= 0.3 is 0 Å². The third-order valence-electron chi connectivity index (χ3n) is 4.82. The molecule has 0 atom stereocenters. The van der Waals surface area contributed by atoms with E-state index in [0.29, 0.717) is 5.88 Å². The van der Waals surface area contributed by atoms with Gasteiger partial charge in [-0.2, -0.15) is 0 Å². The maximum absolute atomic E-state index is 6.30. The number of aromatic nitrogens is 2. The van der Waals surface area contributed by atoms with Gasteiger partial charge in [-0.25, -0.2) is 9.97 Å². The van der Waals surface area contributed by atoms with Crippen molar-refractivity contribution in [1.29, 1.82) is 0 Å². The summed E-state index contributed by atoms with van der Waals surface area (Å²) in [5.41, 5.74) is 2.65. The third kappa shape index (κ3) is 2.93. The second-order valence-corrected chi connectivity index (χ2v) is 6.58. The lowest BCUT2D eigenvalue weighted by molar-refractivity contribution is 0.352. The summed E-state index contributed by atoms with van der Waals surface area (Å²) in [6.07, 6.45) is 13.9. The molecule has 0 radical (unpaired) electrons. The van der Waals surface area contributed by atoms with E-state index in [4.69, 9.17) is 11.6 Å². The highest BCUT2D eigenvalue weighted by Gasteiger charge is 2.32. The Hall–Kier alpha value is -0.830. The Balaban J connectivity index is 1.86. The van der Waals surface area contributed by atoms with Crippen molar-refractivity contribution >= 4 is 17.4 Å². The van der Waals surface area contributed by atoms with E-state index in [1.54, 1.807) is 6.33 Å². The van der Waals surface area contributed by atoms with Crippen molar-refractivity contribution in [2.24, 2.45) is 0 Å². The molecule has 1 aromatic rings. The predicted molar refractivity (Wildman–Crippen MR) is 83.4 cm³/mol. The molecule has 110 valence electrons. The fourth-order valence-corrected chi connectivity index (χ4v) is 3.91. The number of halogens is 1. The van der Waals surface area contributed by atoms with E-state index in [1.165, 1.54) is 49.8 Å². The molecule has 2 aliphatic carbocycles. The topological polar surface area (TPSA) is 37.8 Å². The summed E-state index contributed by atoms with van der Waals surface area (Å²) in [5.74, 6) is 1.73. The summed E-state index contributed by atoms with van der Waals surface area (Å²) in [5, 5.41) is 3.72. The minimum atomic E-state index is 0.0498. The lowest BCUT2D eigenvalue weighted by Gasteiger charge is -2.37. The van der Waals surface area contributed by atoms with Crippen molar-refractivity contribution < 1.29 is 0 Å². The van der Waals surface area contributed by atoms with Gasteiger partial charge in [0.25, 0.3) is 0 Å². The Labute approximate surface area is 126 Å². The van der Waals surface area contributed by atoms with Gasteiger partial charge in [-0.3, -0.25) is 0 Å². The standard InChI is InChI=1S/C16H24ClN3/c17-11-16(9-5-2-6-10-16)20-15-13-7-3-1-4-8-14(13)18-12-19-15/h12H,1-11H2,(H,18,19,20). The van der Waals surface area contributed by atoms with Crippen LogP contribution in [-0.4, -0.2) is 21.4 Å². The molecule has 1 N–H and O–H groups in total. The van der Waals surface area contributed by atoms with Gasteiger partial charge in [0.1, 0.15) is 12.1 Å². The molecule has 1 heterocycles. The third-order valence-corrected chi connectivity index (χ3v) is 5.34. The van der Waals surface area contributed by atoms with Gasteiger partial charge in [0.05, 0.1) is 5.54 Å². The van der Waals surface area contributed by atoms with Crippen LogP contribution in [0.5, 0.6) is 0 Å². The van der Waals surface area contributed by atoms with Gasteiger partial charge in [-0.15, -0.1) is 11.6 Å². The van der Waals surface area contributed by atoms with Gasteiger partial charge < -0.3 is 5.32 Å². The molecular weight excluding hydrogens is 270 g/mol. The maximum atomic E-state index is 6.30. The number of anilines is 1. The highest BCUT2D eigenvalue weighted by atomic mass is 35.5. The number of aryl methyl sites for hydroxylation is 1. The number of nitrogens with zero attached hydrogens (tertiary/aromatic N) is 2. The Morgan fingerprint density at radius 2 is 1.75 bits per heavy atom. The number of rotatable bonds is 3. The van der Waals surface area contributed by atoms with Crippen molar-refractivity contribution in [3.8, 4) is 0 Å². The van der Waals surface area contributed by atoms with E-state index in [0.717, 1.165) is 31.5 Å².